The number of urea groups is 1. The highest BCUT2D eigenvalue weighted by Gasteiger charge is 2.29. The van der Waals surface area contributed by atoms with Crippen molar-refractivity contribution in [3.05, 3.63) is 24.3 Å². The normalized spacial score (nSPS) is 20.3. The molecular weight excluding hydrogens is 308 g/mol. The van der Waals surface area contributed by atoms with Crippen LogP contribution in [0.1, 0.15) is 25.7 Å². The number of carbonyl (C=O) groups excluding carboxylic acids is 3. The smallest absolute Gasteiger partial charge is 0.314 e. The Morgan fingerprint density at radius 2 is 1.46 bits per heavy atom. The van der Waals surface area contributed by atoms with Crippen LogP contribution in [0.3, 0.4) is 0 Å². The molecule has 4 N–H and O–H groups in total. The molecular formula is C17H22N4O3. The zero-order valence-corrected chi connectivity index (χ0v) is 13.5. The fourth-order valence-corrected chi connectivity index (χ4v) is 2.86. The molecule has 0 bridgehead atoms. The lowest BCUT2D eigenvalue weighted by atomic mass is 9.97. The van der Waals surface area contributed by atoms with E-state index in [1.54, 1.807) is 24.3 Å². The topological polar surface area (TPSA) is 105 Å². The molecule has 1 unspecified atom stereocenters. The molecule has 1 aliphatic heterocycles. The summed E-state index contributed by atoms with van der Waals surface area (Å²) in [6.45, 7) is 0.963. The van der Waals surface area contributed by atoms with E-state index in [4.69, 9.17) is 5.73 Å². The van der Waals surface area contributed by atoms with E-state index in [9.17, 15) is 14.4 Å². The largest absolute Gasteiger partial charge is 0.351 e. The van der Waals surface area contributed by atoms with Crippen LogP contribution in [-0.2, 0) is 9.59 Å². The molecule has 7 heteroatoms. The van der Waals surface area contributed by atoms with Gasteiger partial charge in [-0.05, 0) is 49.9 Å². The van der Waals surface area contributed by atoms with E-state index >= 15 is 0 Å². The van der Waals surface area contributed by atoms with Gasteiger partial charge in [-0.25, -0.2) is 4.79 Å². The van der Waals surface area contributed by atoms with Crippen molar-refractivity contribution in [2.45, 2.75) is 25.7 Å². The van der Waals surface area contributed by atoms with Gasteiger partial charge in [-0.3, -0.25) is 9.59 Å². The molecule has 1 aliphatic carbocycles. The number of likely N-dealkylation sites (tertiary alicyclic amines) is 1. The molecule has 0 aromatic heterocycles. The molecule has 1 saturated heterocycles. The van der Waals surface area contributed by atoms with Gasteiger partial charge >= 0.3 is 6.03 Å². The summed E-state index contributed by atoms with van der Waals surface area (Å²) < 4.78 is 0. The van der Waals surface area contributed by atoms with Crippen molar-refractivity contribution in [2.75, 3.05) is 23.7 Å². The Kier molecular flexibility index (Phi) is 4.69. The Morgan fingerprint density at radius 3 is 1.96 bits per heavy atom. The average Bonchev–Trinajstić information content (AvgIpc) is 3.41. The summed E-state index contributed by atoms with van der Waals surface area (Å²) in [5.74, 6) is -0.152. The Hall–Kier alpha value is -2.57. The molecule has 1 aromatic rings. The number of benzene rings is 1. The standard InChI is InChI=1S/C17H22N4O3/c18-17(24)21-9-1-2-12(10-21)16(23)20-14-7-5-13(6-8-14)19-15(22)11-3-4-11/h5-8,11-12H,1-4,9-10H2,(H2,18,24)(H,19,22)(H,20,23). The van der Waals surface area contributed by atoms with Crippen LogP contribution in [0.4, 0.5) is 16.2 Å². The molecule has 2 aliphatic rings. The number of nitrogens with one attached hydrogen (secondary N) is 2. The van der Waals surface area contributed by atoms with Crippen molar-refractivity contribution in [2.24, 2.45) is 17.6 Å². The Balaban J connectivity index is 1.54. The van der Waals surface area contributed by atoms with Crippen molar-refractivity contribution in [3.63, 3.8) is 0 Å². The van der Waals surface area contributed by atoms with Gasteiger partial charge in [0, 0.05) is 30.4 Å². The first-order chi connectivity index (χ1) is 11.5. The van der Waals surface area contributed by atoms with Crippen molar-refractivity contribution >= 4 is 29.2 Å². The maximum absolute atomic E-state index is 12.3. The summed E-state index contributed by atoms with van der Waals surface area (Å²) in [5, 5.41) is 5.71. The molecule has 1 aromatic carbocycles. The number of hydrogen-bond acceptors (Lipinski definition) is 3. The second kappa shape index (κ2) is 6.90. The van der Waals surface area contributed by atoms with E-state index in [0.717, 1.165) is 31.4 Å². The molecule has 3 rings (SSSR count). The van der Waals surface area contributed by atoms with Gasteiger partial charge < -0.3 is 21.3 Å². The maximum Gasteiger partial charge on any atom is 0.314 e. The monoisotopic (exact) mass is 330 g/mol. The molecule has 7 nitrogen and oxygen atoms in total. The van der Waals surface area contributed by atoms with Gasteiger partial charge in [0.05, 0.1) is 5.92 Å². The second-order valence-electron chi connectivity index (χ2n) is 6.45. The second-order valence-corrected chi connectivity index (χ2v) is 6.45. The van der Waals surface area contributed by atoms with Crippen molar-refractivity contribution < 1.29 is 14.4 Å². The number of primary amides is 1. The summed E-state index contributed by atoms with van der Waals surface area (Å²) in [7, 11) is 0. The average molecular weight is 330 g/mol. The first-order valence-electron chi connectivity index (χ1n) is 8.29. The summed E-state index contributed by atoms with van der Waals surface area (Å²) in [5.41, 5.74) is 6.68. The fraction of sp³-hybridized carbons (Fsp3) is 0.471. The zero-order chi connectivity index (χ0) is 17.1. The van der Waals surface area contributed by atoms with Crippen molar-refractivity contribution in [3.8, 4) is 0 Å². The van der Waals surface area contributed by atoms with Crippen LogP contribution in [0.5, 0.6) is 0 Å². The lowest BCUT2D eigenvalue weighted by molar-refractivity contribution is -0.121. The molecule has 0 radical (unpaired) electrons. The molecule has 1 heterocycles. The molecule has 24 heavy (non-hydrogen) atoms. The number of rotatable bonds is 4. The number of anilines is 2. The minimum absolute atomic E-state index is 0.0561. The van der Waals surface area contributed by atoms with Crippen LogP contribution in [-0.4, -0.2) is 35.8 Å². The highest BCUT2D eigenvalue weighted by Crippen LogP contribution is 2.30. The van der Waals surface area contributed by atoms with Crippen LogP contribution in [0.15, 0.2) is 24.3 Å². The van der Waals surface area contributed by atoms with Gasteiger partial charge in [-0.1, -0.05) is 0 Å². The summed E-state index contributed by atoms with van der Waals surface area (Å²) in [6, 6.07) is 6.58. The fourth-order valence-electron chi connectivity index (χ4n) is 2.86. The van der Waals surface area contributed by atoms with E-state index in [1.165, 1.54) is 4.90 Å². The molecule has 4 amide bonds. The molecule has 128 valence electrons. The first-order valence-corrected chi connectivity index (χ1v) is 8.29. The highest BCUT2D eigenvalue weighted by molar-refractivity contribution is 5.95. The summed E-state index contributed by atoms with van der Waals surface area (Å²) in [6.07, 6.45) is 3.44. The van der Waals surface area contributed by atoms with Gasteiger partial charge in [-0.2, -0.15) is 0 Å². The SMILES string of the molecule is NC(=O)N1CCCC(C(=O)Nc2ccc(NC(=O)C3CC3)cc2)C1. The summed E-state index contributed by atoms with van der Waals surface area (Å²) >= 11 is 0. The third-order valence-corrected chi connectivity index (χ3v) is 4.47. The number of piperidine rings is 1. The van der Waals surface area contributed by atoms with Crippen molar-refractivity contribution in [1.82, 2.24) is 4.90 Å². The van der Waals surface area contributed by atoms with E-state index in [1.807, 2.05) is 0 Å². The third-order valence-electron chi connectivity index (χ3n) is 4.47. The number of nitrogens with zero attached hydrogens (tertiary/aromatic N) is 1. The van der Waals surface area contributed by atoms with Gasteiger partial charge in [0.25, 0.3) is 0 Å². The Bertz CT molecular complexity index is 640. The van der Waals surface area contributed by atoms with Gasteiger partial charge in [0.2, 0.25) is 11.8 Å². The van der Waals surface area contributed by atoms with Crippen LogP contribution >= 0.6 is 0 Å². The van der Waals surface area contributed by atoms with Crippen molar-refractivity contribution in [1.29, 1.82) is 0 Å². The Labute approximate surface area is 140 Å². The number of carbonyl (C=O) groups is 3. The van der Waals surface area contributed by atoms with E-state index in [0.29, 0.717) is 18.8 Å². The third kappa shape index (κ3) is 4.04. The van der Waals surface area contributed by atoms with Crippen LogP contribution in [0.25, 0.3) is 0 Å². The zero-order valence-electron chi connectivity index (χ0n) is 13.5. The van der Waals surface area contributed by atoms with Gasteiger partial charge in [0.15, 0.2) is 0 Å². The predicted octanol–water partition coefficient (Wildman–Crippen LogP) is 1.76. The van der Waals surface area contributed by atoms with E-state index < -0.39 is 6.03 Å². The van der Waals surface area contributed by atoms with Crippen LogP contribution in [0, 0.1) is 11.8 Å². The predicted molar refractivity (Wildman–Crippen MR) is 90.3 cm³/mol. The van der Waals surface area contributed by atoms with Crippen LogP contribution in [0.2, 0.25) is 0 Å². The first kappa shape index (κ1) is 16.3. The molecule has 1 saturated carbocycles. The highest BCUT2D eigenvalue weighted by atomic mass is 16.2. The van der Waals surface area contributed by atoms with E-state index in [-0.39, 0.29) is 23.7 Å². The van der Waals surface area contributed by atoms with E-state index in [2.05, 4.69) is 10.6 Å². The van der Waals surface area contributed by atoms with Gasteiger partial charge in [0.1, 0.15) is 0 Å². The molecule has 0 spiro atoms. The number of amides is 4. The Morgan fingerprint density at radius 1 is 0.917 bits per heavy atom. The summed E-state index contributed by atoms with van der Waals surface area (Å²) in [4.78, 5) is 36.8. The molecule has 1 atom stereocenters. The number of nitrogens with two attached hydrogens (primary N) is 1. The quantitative estimate of drug-likeness (QED) is 0.783. The molecule has 2 fully saturated rings. The lowest BCUT2D eigenvalue weighted by Crippen LogP contribution is -2.46. The number of hydrogen-bond donors (Lipinski definition) is 3. The van der Waals surface area contributed by atoms with Crippen LogP contribution < -0.4 is 16.4 Å². The maximum atomic E-state index is 12.3. The minimum atomic E-state index is -0.483. The lowest BCUT2D eigenvalue weighted by Gasteiger charge is -2.30. The van der Waals surface area contributed by atoms with Gasteiger partial charge in [-0.15, -0.1) is 0 Å². The minimum Gasteiger partial charge on any atom is -0.351 e.